The normalized spacial score (nSPS) is 14.6. The number of carbonyl (C=O) groups is 1. The molecular weight excluding hydrogens is 414 g/mol. The molecular formula is C27H33N3O3. The molecule has 3 aromatic rings. The van der Waals surface area contributed by atoms with Crippen molar-refractivity contribution in [1.82, 2.24) is 14.3 Å². The van der Waals surface area contributed by atoms with Crippen LogP contribution in [0, 0.1) is 11.8 Å². The number of hydrogen-bond donors (Lipinski definition) is 1. The van der Waals surface area contributed by atoms with Crippen molar-refractivity contribution in [3.8, 4) is 11.1 Å². The molecule has 4 rings (SSSR count). The molecule has 6 nitrogen and oxygen atoms in total. The van der Waals surface area contributed by atoms with E-state index in [0.29, 0.717) is 30.5 Å². The fourth-order valence-electron chi connectivity index (χ4n) is 4.79. The number of hydrogen-bond acceptors (Lipinski definition) is 3. The lowest BCUT2D eigenvalue weighted by Gasteiger charge is -2.20. The zero-order valence-corrected chi connectivity index (χ0v) is 19.5. The summed E-state index contributed by atoms with van der Waals surface area (Å²) in [6, 6.07) is 14.8. The van der Waals surface area contributed by atoms with Gasteiger partial charge in [-0.2, -0.15) is 5.10 Å². The predicted molar refractivity (Wildman–Crippen MR) is 130 cm³/mol. The molecule has 0 bridgehead atoms. The van der Waals surface area contributed by atoms with E-state index in [9.17, 15) is 14.7 Å². The number of aromatic nitrogens is 3. The van der Waals surface area contributed by atoms with Crippen LogP contribution in [-0.4, -0.2) is 25.4 Å². The number of carboxylic acid groups (broad SMARTS) is 1. The lowest BCUT2D eigenvalue weighted by atomic mass is 9.89. The molecule has 0 spiro atoms. The maximum Gasteiger partial charge on any atom is 0.346 e. The smallest absolute Gasteiger partial charge is 0.346 e. The Bertz CT molecular complexity index is 1150. The first-order valence-corrected chi connectivity index (χ1v) is 12.0. The fourth-order valence-corrected chi connectivity index (χ4v) is 4.79. The summed E-state index contributed by atoms with van der Waals surface area (Å²) in [7, 11) is 0. The molecule has 0 saturated heterocycles. The van der Waals surface area contributed by atoms with Gasteiger partial charge in [-0.3, -0.25) is 4.57 Å². The van der Waals surface area contributed by atoms with Gasteiger partial charge in [0.2, 0.25) is 0 Å². The molecule has 33 heavy (non-hydrogen) atoms. The summed E-state index contributed by atoms with van der Waals surface area (Å²) in [6.45, 7) is 5.46. The van der Waals surface area contributed by atoms with Crippen LogP contribution < -0.4 is 5.69 Å². The van der Waals surface area contributed by atoms with E-state index < -0.39 is 5.97 Å². The van der Waals surface area contributed by atoms with Gasteiger partial charge < -0.3 is 5.11 Å². The van der Waals surface area contributed by atoms with Crippen LogP contribution in [0.25, 0.3) is 11.1 Å². The monoisotopic (exact) mass is 447 g/mol. The fraction of sp³-hybridized carbons (Fsp3) is 0.444. The molecule has 1 N–H and O–H groups in total. The van der Waals surface area contributed by atoms with E-state index in [4.69, 9.17) is 5.10 Å². The number of carboxylic acids is 1. The Morgan fingerprint density at radius 3 is 2.42 bits per heavy atom. The average molecular weight is 448 g/mol. The van der Waals surface area contributed by atoms with Crippen LogP contribution in [0.5, 0.6) is 0 Å². The zero-order valence-electron chi connectivity index (χ0n) is 19.5. The minimum absolute atomic E-state index is 0.0310. The summed E-state index contributed by atoms with van der Waals surface area (Å²) < 4.78 is 3.49. The molecule has 1 aliphatic rings. The molecule has 174 valence electrons. The van der Waals surface area contributed by atoms with E-state index in [0.717, 1.165) is 23.4 Å². The van der Waals surface area contributed by atoms with Crippen LogP contribution in [0.15, 0.2) is 53.3 Å². The first kappa shape index (κ1) is 23.0. The summed E-state index contributed by atoms with van der Waals surface area (Å²) in [5, 5.41) is 14.2. The Hall–Kier alpha value is -3.15. The van der Waals surface area contributed by atoms with Gasteiger partial charge >= 0.3 is 11.7 Å². The Morgan fingerprint density at radius 2 is 1.76 bits per heavy atom. The van der Waals surface area contributed by atoms with Gasteiger partial charge in [0.15, 0.2) is 0 Å². The van der Waals surface area contributed by atoms with Gasteiger partial charge in [-0.25, -0.2) is 14.3 Å². The average Bonchev–Trinajstić information content (AvgIpc) is 3.08. The van der Waals surface area contributed by atoms with E-state index in [1.807, 2.05) is 41.0 Å². The number of rotatable bonds is 8. The Balaban J connectivity index is 1.59. The van der Waals surface area contributed by atoms with Gasteiger partial charge in [0, 0.05) is 13.0 Å². The zero-order chi connectivity index (χ0) is 23.4. The Kier molecular flexibility index (Phi) is 7.11. The standard InChI is InChI=1S/C27H33N3O3/c1-19(2)16-25-28-30(18-20-8-4-3-5-9-20)27(33)29(25)17-21-12-14-22(15-13-21)23-10-6-7-11-24(23)26(31)32/h6-7,10-15,19-20H,3-5,8-9,16-18H2,1-2H3,(H,31,32). The third kappa shape index (κ3) is 5.44. The van der Waals surface area contributed by atoms with Gasteiger partial charge in [0.25, 0.3) is 0 Å². The van der Waals surface area contributed by atoms with Crippen LogP contribution in [0.3, 0.4) is 0 Å². The van der Waals surface area contributed by atoms with Crippen LogP contribution >= 0.6 is 0 Å². The molecule has 6 heteroatoms. The largest absolute Gasteiger partial charge is 0.478 e. The van der Waals surface area contributed by atoms with Crippen molar-refractivity contribution in [2.24, 2.45) is 11.8 Å². The molecule has 0 radical (unpaired) electrons. The maximum atomic E-state index is 13.3. The van der Waals surface area contributed by atoms with E-state index in [1.165, 1.54) is 32.1 Å². The lowest BCUT2D eigenvalue weighted by Crippen LogP contribution is -2.29. The molecule has 0 atom stereocenters. The Labute approximate surface area is 194 Å². The van der Waals surface area contributed by atoms with Crippen molar-refractivity contribution >= 4 is 5.97 Å². The summed E-state index contributed by atoms with van der Waals surface area (Å²) >= 11 is 0. The second-order valence-corrected chi connectivity index (χ2v) is 9.62. The summed E-state index contributed by atoms with van der Waals surface area (Å²) in [4.78, 5) is 24.8. The van der Waals surface area contributed by atoms with E-state index in [-0.39, 0.29) is 11.3 Å². The molecule has 1 heterocycles. The quantitative estimate of drug-likeness (QED) is 0.512. The van der Waals surface area contributed by atoms with Crippen molar-refractivity contribution in [2.75, 3.05) is 0 Å². The number of aromatic carboxylic acids is 1. The molecule has 0 aliphatic heterocycles. The molecule has 2 aromatic carbocycles. The molecule has 1 aromatic heterocycles. The minimum Gasteiger partial charge on any atom is -0.478 e. The number of benzene rings is 2. The second kappa shape index (κ2) is 10.2. The highest BCUT2D eigenvalue weighted by Gasteiger charge is 2.20. The summed E-state index contributed by atoms with van der Waals surface area (Å²) in [5.74, 6) is 0.847. The Morgan fingerprint density at radius 1 is 1.06 bits per heavy atom. The SMILES string of the molecule is CC(C)Cc1nn(CC2CCCCC2)c(=O)n1Cc1ccc(-c2ccccc2C(=O)O)cc1. The van der Waals surface area contributed by atoms with Crippen LogP contribution in [0.4, 0.5) is 0 Å². The highest BCUT2D eigenvalue weighted by Crippen LogP contribution is 2.26. The minimum atomic E-state index is -0.940. The van der Waals surface area contributed by atoms with Gasteiger partial charge in [0.1, 0.15) is 5.82 Å². The summed E-state index contributed by atoms with van der Waals surface area (Å²) in [5.41, 5.74) is 2.78. The summed E-state index contributed by atoms with van der Waals surface area (Å²) in [6.07, 6.45) is 6.91. The first-order valence-electron chi connectivity index (χ1n) is 12.0. The van der Waals surface area contributed by atoms with Crippen molar-refractivity contribution in [3.05, 3.63) is 76.0 Å². The molecule has 1 fully saturated rings. The van der Waals surface area contributed by atoms with Crippen molar-refractivity contribution < 1.29 is 9.90 Å². The molecule has 1 aliphatic carbocycles. The molecule has 1 saturated carbocycles. The molecule has 0 amide bonds. The van der Waals surface area contributed by atoms with Crippen LogP contribution in [-0.2, 0) is 19.5 Å². The second-order valence-electron chi connectivity index (χ2n) is 9.62. The highest BCUT2D eigenvalue weighted by molar-refractivity contribution is 5.95. The van der Waals surface area contributed by atoms with Gasteiger partial charge in [-0.1, -0.05) is 75.6 Å². The van der Waals surface area contributed by atoms with E-state index >= 15 is 0 Å². The topological polar surface area (TPSA) is 77.1 Å². The van der Waals surface area contributed by atoms with Crippen molar-refractivity contribution in [2.45, 2.75) is 65.5 Å². The van der Waals surface area contributed by atoms with Crippen molar-refractivity contribution in [1.29, 1.82) is 0 Å². The van der Waals surface area contributed by atoms with Crippen LogP contribution in [0.2, 0.25) is 0 Å². The first-order chi connectivity index (χ1) is 15.9. The highest BCUT2D eigenvalue weighted by atomic mass is 16.4. The third-order valence-electron chi connectivity index (χ3n) is 6.51. The number of nitrogens with zero attached hydrogens (tertiary/aromatic N) is 3. The van der Waals surface area contributed by atoms with Gasteiger partial charge in [-0.05, 0) is 47.4 Å². The van der Waals surface area contributed by atoms with Gasteiger partial charge in [-0.15, -0.1) is 0 Å². The lowest BCUT2D eigenvalue weighted by molar-refractivity contribution is 0.0697. The predicted octanol–water partition coefficient (Wildman–Crippen LogP) is 5.24. The maximum absolute atomic E-state index is 13.3. The van der Waals surface area contributed by atoms with Crippen molar-refractivity contribution in [3.63, 3.8) is 0 Å². The van der Waals surface area contributed by atoms with Crippen LogP contribution in [0.1, 0.15) is 67.7 Å². The molecule has 0 unspecified atom stereocenters. The third-order valence-corrected chi connectivity index (χ3v) is 6.51. The van der Waals surface area contributed by atoms with E-state index in [2.05, 4.69) is 13.8 Å². The van der Waals surface area contributed by atoms with Gasteiger partial charge in [0.05, 0.1) is 12.1 Å². The van der Waals surface area contributed by atoms with E-state index in [1.54, 1.807) is 16.8 Å².